The van der Waals surface area contributed by atoms with Gasteiger partial charge in [0.25, 0.3) is 0 Å². The lowest BCUT2D eigenvalue weighted by atomic mass is 10.0. The van der Waals surface area contributed by atoms with E-state index in [1.165, 1.54) is 51.4 Å². The zero-order chi connectivity index (χ0) is 25.5. The number of unbranched alkanes of at least 4 members (excludes halogenated alkanes) is 10. The van der Waals surface area contributed by atoms with Crippen molar-refractivity contribution in [3.05, 3.63) is 65.5 Å². The number of ether oxygens (including phenoxy) is 1. The molecule has 196 valence electrons. The van der Waals surface area contributed by atoms with E-state index in [0.717, 1.165) is 62.9 Å². The third-order valence-electron chi connectivity index (χ3n) is 6.14. The van der Waals surface area contributed by atoms with E-state index < -0.39 is 0 Å². The molecule has 35 heavy (non-hydrogen) atoms. The lowest BCUT2D eigenvalue weighted by Gasteiger charge is -2.08. The van der Waals surface area contributed by atoms with Crippen molar-refractivity contribution >= 4 is 69.6 Å². The van der Waals surface area contributed by atoms with E-state index in [9.17, 15) is 0 Å². The fraction of sp³-hybridized carbons (Fsp3) is 0.571. The molecule has 0 N–H and O–H groups in total. The first-order chi connectivity index (χ1) is 16.9. The number of hydrogen-bond acceptors (Lipinski definition) is 1. The number of benzene rings is 2. The van der Waals surface area contributed by atoms with E-state index in [1.54, 1.807) is 24.3 Å². The van der Waals surface area contributed by atoms with Crippen molar-refractivity contribution in [3.63, 3.8) is 0 Å². The molecule has 0 bridgehead atoms. The van der Waals surface area contributed by atoms with Crippen LogP contribution in [0.5, 0.6) is 0 Å². The standard InChI is InChI=1S/C28H36Cl6O/c29-21-17-25(31)23(26(32)18-21)13-9-5-1-3-7-11-15-35-16-12-8-4-2-6-10-14-24-27(33)19-22(30)20-28(24)34/h17-20H,1-16H2. The average Bonchev–Trinajstić information content (AvgIpc) is 2.78. The Kier molecular flexibility index (Phi) is 16.5. The summed E-state index contributed by atoms with van der Waals surface area (Å²) in [4.78, 5) is 0. The first kappa shape index (κ1) is 31.4. The Morgan fingerprint density at radius 1 is 0.400 bits per heavy atom. The molecule has 2 aromatic rings. The Bertz CT molecular complexity index is 768. The zero-order valence-electron chi connectivity index (χ0n) is 20.3. The molecule has 0 aliphatic rings. The molecule has 0 atom stereocenters. The Labute approximate surface area is 241 Å². The quantitative estimate of drug-likeness (QED) is 0.155. The molecule has 0 unspecified atom stereocenters. The van der Waals surface area contributed by atoms with Crippen LogP contribution in [0.25, 0.3) is 0 Å². The number of halogens is 6. The molecular weight excluding hydrogens is 565 g/mol. The van der Waals surface area contributed by atoms with Crippen molar-refractivity contribution < 1.29 is 4.74 Å². The van der Waals surface area contributed by atoms with Gasteiger partial charge in [-0.3, -0.25) is 0 Å². The van der Waals surface area contributed by atoms with Crippen molar-refractivity contribution in [1.29, 1.82) is 0 Å². The molecule has 0 saturated carbocycles. The SMILES string of the molecule is Clc1cc(Cl)c(CCCCCCCCOCCCCCCCCc2c(Cl)cc(Cl)cc2Cl)c(Cl)c1. The van der Waals surface area contributed by atoms with Crippen LogP contribution in [0.4, 0.5) is 0 Å². The molecule has 0 radical (unpaired) electrons. The van der Waals surface area contributed by atoms with Gasteiger partial charge in [0.05, 0.1) is 0 Å². The van der Waals surface area contributed by atoms with Crippen LogP contribution in [0.1, 0.15) is 88.2 Å². The highest BCUT2D eigenvalue weighted by molar-refractivity contribution is 6.40. The Balaban J connectivity index is 1.34. The maximum absolute atomic E-state index is 6.25. The van der Waals surface area contributed by atoms with E-state index in [-0.39, 0.29) is 0 Å². The van der Waals surface area contributed by atoms with Gasteiger partial charge in [-0.05, 0) is 73.9 Å². The molecular formula is C28H36Cl6O. The van der Waals surface area contributed by atoms with Gasteiger partial charge in [-0.25, -0.2) is 0 Å². The van der Waals surface area contributed by atoms with Crippen LogP contribution >= 0.6 is 69.6 Å². The third-order valence-corrected chi connectivity index (χ3v) is 7.93. The molecule has 0 aliphatic heterocycles. The minimum Gasteiger partial charge on any atom is -0.381 e. The summed E-state index contributed by atoms with van der Waals surface area (Å²) in [6, 6.07) is 7.06. The van der Waals surface area contributed by atoms with Crippen LogP contribution in [-0.2, 0) is 17.6 Å². The molecule has 7 heteroatoms. The first-order valence-electron chi connectivity index (χ1n) is 12.7. The molecule has 0 fully saturated rings. The molecule has 0 saturated heterocycles. The van der Waals surface area contributed by atoms with E-state index in [4.69, 9.17) is 74.3 Å². The van der Waals surface area contributed by atoms with Gasteiger partial charge in [0, 0.05) is 43.3 Å². The molecule has 1 nitrogen and oxygen atoms in total. The van der Waals surface area contributed by atoms with Gasteiger partial charge in [0.1, 0.15) is 0 Å². The van der Waals surface area contributed by atoms with Gasteiger partial charge >= 0.3 is 0 Å². The zero-order valence-corrected chi connectivity index (χ0v) is 24.8. The second kappa shape index (κ2) is 18.4. The van der Waals surface area contributed by atoms with Gasteiger partial charge in [-0.1, -0.05) is 121 Å². The smallest absolute Gasteiger partial charge is 0.0467 e. The van der Waals surface area contributed by atoms with Crippen LogP contribution < -0.4 is 0 Å². The minimum absolute atomic E-state index is 0.587. The molecule has 2 rings (SSSR count). The van der Waals surface area contributed by atoms with Crippen molar-refractivity contribution in [3.8, 4) is 0 Å². The second-order valence-electron chi connectivity index (χ2n) is 9.05. The molecule has 0 amide bonds. The number of rotatable bonds is 18. The maximum Gasteiger partial charge on any atom is 0.0467 e. The van der Waals surface area contributed by atoms with Gasteiger partial charge in [-0.2, -0.15) is 0 Å². The monoisotopic (exact) mass is 598 g/mol. The van der Waals surface area contributed by atoms with Gasteiger partial charge in [0.2, 0.25) is 0 Å². The van der Waals surface area contributed by atoms with E-state index in [0.29, 0.717) is 30.1 Å². The van der Waals surface area contributed by atoms with Gasteiger partial charge in [-0.15, -0.1) is 0 Å². The lowest BCUT2D eigenvalue weighted by Crippen LogP contribution is -1.97. The highest BCUT2D eigenvalue weighted by Gasteiger charge is 2.08. The normalized spacial score (nSPS) is 11.4. The first-order valence-corrected chi connectivity index (χ1v) is 15.0. The van der Waals surface area contributed by atoms with E-state index in [2.05, 4.69) is 0 Å². The Morgan fingerprint density at radius 2 is 0.686 bits per heavy atom. The second-order valence-corrected chi connectivity index (χ2v) is 11.6. The summed E-state index contributed by atoms with van der Waals surface area (Å²) in [7, 11) is 0. The van der Waals surface area contributed by atoms with Gasteiger partial charge < -0.3 is 4.74 Å². The average molecular weight is 601 g/mol. The lowest BCUT2D eigenvalue weighted by molar-refractivity contribution is 0.125. The predicted molar refractivity (Wildman–Crippen MR) is 157 cm³/mol. The summed E-state index contributed by atoms with van der Waals surface area (Å²) >= 11 is 36.9. The molecule has 0 aliphatic carbocycles. The van der Waals surface area contributed by atoms with Crippen LogP contribution in [0.2, 0.25) is 30.1 Å². The summed E-state index contributed by atoms with van der Waals surface area (Å²) in [5.41, 5.74) is 2.03. The minimum atomic E-state index is 0.587. The highest BCUT2D eigenvalue weighted by Crippen LogP contribution is 2.31. The third kappa shape index (κ3) is 13.0. The van der Waals surface area contributed by atoms with Crippen molar-refractivity contribution in [2.75, 3.05) is 13.2 Å². The summed E-state index contributed by atoms with van der Waals surface area (Å²) in [5, 5.41) is 3.86. The van der Waals surface area contributed by atoms with E-state index in [1.807, 2.05) is 0 Å². The molecule has 0 aromatic heterocycles. The Morgan fingerprint density at radius 3 is 1.03 bits per heavy atom. The molecule has 2 aromatic carbocycles. The van der Waals surface area contributed by atoms with Crippen LogP contribution in [-0.4, -0.2) is 13.2 Å². The largest absolute Gasteiger partial charge is 0.381 e. The number of hydrogen-bond donors (Lipinski definition) is 0. The topological polar surface area (TPSA) is 9.23 Å². The van der Waals surface area contributed by atoms with Crippen LogP contribution in [0, 0.1) is 0 Å². The van der Waals surface area contributed by atoms with Crippen molar-refractivity contribution in [1.82, 2.24) is 0 Å². The molecule has 0 heterocycles. The van der Waals surface area contributed by atoms with Crippen LogP contribution in [0.3, 0.4) is 0 Å². The van der Waals surface area contributed by atoms with Crippen molar-refractivity contribution in [2.45, 2.75) is 89.9 Å². The van der Waals surface area contributed by atoms with Crippen molar-refractivity contribution in [2.24, 2.45) is 0 Å². The fourth-order valence-corrected chi connectivity index (χ4v) is 6.16. The van der Waals surface area contributed by atoms with E-state index >= 15 is 0 Å². The summed E-state index contributed by atoms with van der Waals surface area (Å²) in [6.45, 7) is 1.75. The summed E-state index contributed by atoms with van der Waals surface area (Å²) in [6.07, 6.45) is 16.1. The Hall–Kier alpha value is 0.140. The summed E-state index contributed by atoms with van der Waals surface area (Å²) in [5.74, 6) is 0. The summed E-state index contributed by atoms with van der Waals surface area (Å²) < 4.78 is 5.80. The fourth-order valence-electron chi connectivity index (χ4n) is 4.15. The highest BCUT2D eigenvalue weighted by atomic mass is 35.5. The maximum atomic E-state index is 6.25. The van der Waals surface area contributed by atoms with Gasteiger partial charge in [0.15, 0.2) is 0 Å². The predicted octanol–water partition coefficient (Wildman–Crippen LogP) is 12.1. The van der Waals surface area contributed by atoms with Crippen LogP contribution in [0.15, 0.2) is 24.3 Å². The molecule has 0 spiro atoms.